The molecule has 0 spiro atoms. The Kier molecular flexibility index (Phi) is 4.37. The van der Waals surface area contributed by atoms with Gasteiger partial charge in [0.2, 0.25) is 5.95 Å². The minimum atomic E-state index is -0.316. The lowest BCUT2D eigenvalue weighted by Crippen LogP contribution is -2.37. The molecule has 0 N–H and O–H groups in total. The first-order valence-electron chi connectivity index (χ1n) is 7.90. The second-order valence-electron chi connectivity index (χ2n) is 6.08. The van der Waals surface area contributed by atoms with Gasteiger partial charge in [0.15, 0.2) is 5.78 Å². The number of benzene rings is 1. The fraction of sp³-hybridized carbons (Fsp3) is 0.389. The Balaban J connectivity index is 1.66. The van der Waals surface area contributed by atoms with Gasteiger partial charge in [-0.15, -0.1) is 0 Å². The molecule has 1 aromatic heterocycles. The molecule has 2 heterocycles. The molecule has 1 aliphatic rings. The van der Waals surface area contributed by atoms with E-state index in [0.29, 0.717) is 5.56 Å². The molecule has 4 nitrogen and oxygen atoms in total. The highest BCUT2D eigenvalue weighted by atomic mass is 19.1. The largest absolute Gasteiger partial charge is 0.341 e. The molecular weight excluding hydrogens is 293 g/mol. The summed E-state index contributed by atoms with van der Waals surface area (Å²) in [5.41, 5.74) is 2.50. The van der Waals surface area contributed by atoms with Crippen LogP contribution in [-0.2, 0) is 0 Å². The van der Waals surface area contributed by atoms with Crippen molar-refractivity contribution in [3.8, 4) is 0 Å². The van der Waals surface area contributed by atoms with Crippen molar-refractivity contribution in [2.75, 3.05) is 18.0 Å². The predicted molar refractivity (Wildman–Crippen MR) is 87.2 cm³/mol. The summed E-state index contributed by atoms with van der Waals surface area (Å²) in [6.07, 6.45) is 1.54. The van der Waals surface area contributed by atoms with Crippen LogP contribution in [0.2, 0.25) is 0 Å². The number of aryl methyl sites for hydroxylation is 2. The van der Waals surface area contributed by atoms with Crippen molar-refractivity contribution in [1.82, 2.24) is 9.97 Å². The molecule has 0 radical (unpaired) electrons. The molecule has 0 unspecified atom stereocenters. The number of Topliss-reactive ketones (excluding diaryl/α,β-unsaturated/α-hetero) is 1. The van der Waals surface area contributed by atoms with Gasteiger partial charge in [-0.3, -0.25) is 4.79 Å². The summed E-state index contributed by atoms with van der Waals surface area (Å²) in [5.74, 6) is 0.520. The molecule has 23 heavy (non-hydrogen) atoms. The zero-order chi connectivity index (χ0) is 16.4. The average molecular weight is 313 g/mol. The highest BCUT2D eigenvalue weighted by molar-refractivity contribution is 5.97. The van der Waals surface area contributed by atoms with Gasteiger partial charge in [0.25, 0.3) is 0 Å². The van der Waals surface area contributed by atoms with E-state index in [1.54, 1.807) is 12.1 Å². The van der Waals surface area contributed by atoms with Gasteiger partial charge in [-0.1, -0.05) is 0 Å². The maximum absolute atomic E-state index is 13.0. The molecule has 5 heteroatoms. The molecule has 1 fully saturated rings. The Morgan fingerprint density at radius 2 is 1.65 bits per heavy atom. The van der Waals surface area contributed by atoms with E-state index >= 15 is 0 Å². The number of hydrogen-bond acceptors (Lipinski definition) is 4. The molecule has 0 saturated carbocycles. The van der Waals surface area contributed by atoms with Crippen LogP contribution in [0.25, 0.3) is 0 Å². The summed E-state index contributed by atoms with van der Waals surface area (Å²) >= 11 is 0. The van der Waals surface area contributed by atoms with Crippen LogP contribution in [0.15, 0.2) is 30.3 Å². The average Bonchev–Trinajstić information content (AvgIpc) is 2.54. The second kappa shape index (κ2) is 6.44. The summed E-state index contributed by atoms with van der Waals surface area (Å²) < 4.78 is 13.0. The SMILES string of the molecule is Cc1cc(C)nc(N2CCC(C(=O)c3ccc(F)cc3)CC2)n1. The molecule has 0 amide bonds. The van der Waals surface area contributed by atoms with Crippen molar-refractivity contribution < 1.29 is 9.18 Å². The molecule has 1 aromatic carbocycles. The number of rotatable bonds is 3. The minimum Gasteiger partial charge on any atom is -0.341 e. The molecule has 3 rings (SSSR count). The number of carbonyl (C=O) groups is 1. The maximum Gasteiger partial charge on any atom is 0.225 e. The Bertz CT molecular complexity index is 686. The maximum atomic E-state index is 13.0. The number of anilines is 1. The van der Waals surface area contributed by atoms with Crippen LogP contribution < -0.4 is 4.90 Å². The third-order valence-electron chi connectivity index (χ3n) is 4.25. The quantitative estimate of drug-likeness (QED) is 0.815. The molecule has 1 aliphatic heterocycles. The molecule has 0 atom stereocenters. The Morgan fingerprint density at radius 1 is 1.09 bits per heavy atom. The zero-order valence-corrected chi connectivity index (χ0v) is 13.4. The van der Waals surface area contributed by atoms with E-state index < -0.39 is 0 Å². The Labute approximate surface area is 135 Å². The van der Waals surface area contributed by atoms with E-state index in [0.717, 1.165) is 43.3 Å². The fourth-order valence-electron chi connectivity index (χ4n) is 3.04. The fourth-order valence-corrected chi connectivity index (χ4v) is 3.04. The van der Waals surface area contributed by atoms with Crippen LogP contribution in [0.5, 0.6) is 0 Å². The molecular formula is C18H20FN3O. The van der Waals surface area contributed by atoms with E-state index in [-0.39, 0.29) is 17.5 Å². The lowest BCUT2D eigenvalue weighted by atomic mass is 9.89. The first kappa shape index (κ1) is 15.6. The van der Waals surface area contributed by atoms with Crippen LogP contribution in [-0.4, -0.2) is 28.8 Å². The van der Waals surface area contributed by atoms with Crippen molar-refractivity contribution >= 4 is 11.7 Å². The van der Waals surface area contributed by atoms with Gasteiger partial charge >= 0.3 is 0 Å². The van der Waals surface area contributed by atoms with Gasteiger partial charge in [0, 0.05) is 36.0 Å². The van der Waals surface area contributed by atoms with E-state index in [1.807, 2.05) is 19.9 Å². The van der Waals surface area contributed by atoms with Crippen LogP contribution in [0.4, 0.5) is 10.3 Å². The van der Waals surface area contributed by atoms with Crippen molar-refractivity contribution in [1.29, 1.82) is 0 Å². The summed E-state index contributed by atoms with van der Waals surface area (Å²) in [4.78, 5) is 23.6. The Morgan fingerprint density at radius 3 is 2.22 bits per heavy atom. The number of hydrogen-bond donors (Lipinski definition) is 0. The second-order valence-corrected chi connectivity index (χ2v) is 6.08. The predicted octanol–water partition coefficient (Wildman–Crippen LogP) is 3.33. The van der Waals surface area contributed by atoms with E-state index in [4.69, 9.17) is 0 Å². The number of piperidine rings is 1. The number of halogens is 1. The van der Waals surface area contributed by atoms with Gasteiger partial charge in [-0.2, -0.15) is 0 Å². The third-order valence-corrected chi connectivity index (χ3v) is 4.25. The van der Waals surface area contributed by atoms with Gasteiger partial charge in [0.1, 0.15) is 5.82 Å². The van der Waals surface area contributed by atoms with Crippen molar-refractivity contribution in [2.45, 2.75) is 26.7 Å². The van der Waals surface area contributed by atoms with Crippen LogP contribution in [0, 0.1) is 25.6 Å². The molecule has 0 bridgehead atoms. The topological polar surface area (TPSA) is 46.1 Å². The molecule has 0 aliphatic carbocycles. The van der Waals surface area contributed by atoms with Gasteiger partial charge < -0.3 is 4.90 Å². The lowest BCUT2D eigenvalue weighted by Gasteiger charge is -2.31. The minimum absolute atomic E-state index is 0.0115. The van der Waals surface area contributed by atoms with E-state index in [2.05, 4.69) is 14.9 Å². The van der Waals surface area contributed by atoms with Crippen LogP contribution >= 0.6 is 0 Å². The summed E-state index contributed by atoms with van der Waals surface area (Å²) in [5, 5.41) is 0. The van der Waals surface area contributed by atoms with Crippen molar-refractivity contribution in [2.24, 2.45) is 5.92 Å². The first-order chi connectivity index (χ1) is 11.0. The van der Waals surface area contributed by atoms with Gasteiger partial charge in [-0.05, 0) is 57.0 Å². The van der Waals surface area contributed by atoms with Crippen molar-refractivity contribution in [3.05, 3.63) is 53.1 Å². The number of ketones is 1. The summed E-state index contributed by atoms with van der Waals surface area (Å²) in [6, 6.07) is 7.76. The number of carbonyl (C=O) groups excluding carboxylic acids is 1. The van der Waals surface area contributed by atoms with Crippen LogP contribution in [0.3, 0.4) is 0 Å². The van der Waals surface area contributed by atoms with Crippen LogP contribution in [0.1, 0.15) is 34.6 Å². The highest BCUT2D eigenvalue weighted by Crippen LogP contribution is 2.24. The highest BCUT2D eigenvalue weighted by Gasteiger charge is 2.27. The van der Waals surface area contributed by atoms with Gasteiger partial charge in [0.05, 0.1) is 0 Å². The number of nitrogens with zero attached hydrogens (tertiary/aromatic N) is 3. The Hall–Kier alpha value is -2.30. The van der Waals surface area contributed by atoms with E-state index in [9.17, 15) is 9.18 Å². The lowest BCUT2D eigenvalue weighted by molar-refractivity contribution is 0.0900. The summed E-state index contributed by atoms with van der Waals surface area (Å²) in [7, 11) is 0. The smallest absolute Gasteiger partial charge is 0.225 e. The zero-order valence-electron chi connectivity index (χ0n) is 13.4. The first-order valence-corrected chi connectivity index (χ1v) is 7.90. The standard InChI is InChI=1S/C18H20FN3O/c1-12-11-13(2)21-18(20-12)22-9-7-15(8-10-22)17(23)14-3-5-16(19)6-4-14/h3-6,11,15H,7-10H2,1-2H3. The van der Waals surface area contributed by atoms with E-state index in [1.165, 1.54) is 12.1 Å². The molecule has 1 saturated heterocycles. The van der Waals surface area contributed by atoms with Gasteiger partial charge in [-0.25, -0.2) is 14.4 Å². The molecule has 2 aromatic rings. The molecule has 120 valence electrons. The monoisotopic (exact) mass is 313 g/mol. The normalized spacial score (nSPS) is 15.7. The van der Waals surface area contributed by atoms with Crippen molar-refractivity contribution in [3.63, 3.8) is 0 Å². The third kappa shape index (κ3) is 3.55. The summed E-state index contributed by atoms with van der Waals surface area (Å²) in [6.45, 7) is 5.45. The number of aromatic nitrogens is 2.